The monoisotopic (exact) mass is 410 g/mol. The van der Waals surface area contributed by atoms with Crippen LogP contribution in [0.4, 0.5) is 16.0 Å². The van der Waals surface area contributed by atoms with Crippen LogP contribution in [0.5, 0.6) is 5.75 Å². The first-order valence-corrected chi connectivity index (χ1v) is 8.81. The summed E-state index contributed by atoms with van der Waals surface area (Å²) in [6.45, 7) is 4.35. The average molecular weight is 410 g/mol. The zero-order valence-electron chi connectivity index (χ0n) is 20.1. The molecule has 0 spiro atoms. The molecule has 8 nitrogen and oxygen atoms in total. The van der Waals surface area contributed by atoms with Gasteiger partial charge in [-0.25, -0.2) is 14.1 Å². The minimum atomic E-state index is -3.16. The number of fused-ring (bicyclic) bond motifs is 5. The van der Waals surface area contributed by atoms with Gasteiger partial charge >= 0.3 is 0 Å². The van der Waals surface area contributed by atoms with Crippen molar-refractivity contribution in [2.24, 2.45) is 7.05 Å². The van der Waals surface area contributed by atoms with Crippen LogP contribution in [0.15, 0.2) is 30.5 Å². The van der Waals surface area contributed by atoms with Crippen LogP contribution in [0.3, 0.4) is 0 Å². The fourth-order valence-corrected chi connectivity index (χ4v) is 3.34. The van der Waals surface area contributed by atoms with Gasteiger partial charge in [-0.1, -0.05) is 6.57 Å². The maximum Gasteiger partial charge on any atom is 0.260 e. The molecule has 0 unspecified atom stereocenters. The normalized spacial score (nSPS) is 20.7. The quantitative estimate of drug-likeness (QED) is 0.573. The van der Waals surface area contributed by atoms with Gasteiger partial charge in [0.15, 0.2) is 11.6 Å². The Morgan fingerprint density at radius 1 is 1.43 bits per heavy atom. The van der Waals surface area contributed by atoms with E-state index < -0.39 is 30.2 Å². The fourth-order valence-electron chi connectivity index (χ4n) is 3.34. The lowest BCUT2D eigenvalue weighted by Gasteiger charge is -2.23. The standard InChI is InChI=1S/C21H19FN6O2/c1-11-15-8-13(22)5-6-14(15)21(29)27(3)10-16-18(20(24-2)28(4)26-16)12-7-17(30-11)19(23)25-9-12/h5-9,11H,10H2,1,3-4H3,(H2,23,25)/t11-/m0/s1/i1D3,11D. The highest BCUT2D eigenvalue weighted by Gasteiger charge is 2.27. The van der Waals surface area contributed by atoms with E-state index in [4.69, 9.17) is 22.5 Å². The second-order valence-electron chi connectivity index (χ2n) is 6.77. The predicted octanol–water partition coefficient (Wildman–Crippen LogP) is 3.48. The van der Waals surface area contributed by atoms with Gasteiger partial charge in [0.05, 0.1) is 15.0 Å². The number of aryl methyl sites for hydroxylation is 1. The molecular weight excluding hydrogens is 387 g/mol. The summed E-state index contributed by atoms with van der Waals surface area (Å²) in [5.41, 5.74) is 6.28. The van der Waals surface area contributed by atoms with Crippen molar-refractivity contribution in [1.29, 1.82) is 0 Å². The number of pyridine rings is 1. The van der Waals surface area contributed by atoms with Crippen LogP contribution in [-0.2, 0) is 13.6 Å². The lowest BCUT2D eigenvalue weighted by molar-refractivity contribution is 0.0778. The van der Waals surface area contributed by atoms with Crippen molar-refractivity contribution in [2.45, 2.75) is 19.5 Å². The van der Waals surface area contributed by atoms with Crippen molar-refractivity contribution < 1.29 is 19.4 Å². The number of rotatable bonds is 0. The third kappa shape index (κ3) is 3.12. The van der Waals surface area contributed by atoms with Gasteiger partial charge in [0.25, 0.3) is 11.7 Å². The van der Waals surface area contributed by atoms with Gasteiger partial charge in [0.1, 0.15) is 17.6 Å². The number of hydrogen-bond donors (Lipinski definition) is 1. The highest BCUT2D eigenvalue weighted by molar-refractivity contribution is 5.96. The number of nitrogens with zero attached hydrogens (tertiary/aromatic N) is 5. The Kier molecular flexibility index (Phi) is 3.57. The zero-order chi connectivity index (χ0) is 25.0. The maximum absolute atomic E-state index is 14.3. The number of halogens is 1. The van der Waals surface area contributed by atoms with Crippen molar-refractivity contribution in [2.75, 3.05) is 12.8 Å². The van der Waals surface area contributed by atoms with Crippen LogP contribution < -0.4 is 10.5 Å². The van der Waals surface area contributed by atoms with Crippen LogP contribution in [0.1, 0.15) is 40.0 Å². The Morgan fingerprint density at radius 3 is 2.97 bits per heavy atom. The van der Waals surface area contributed by atoms with Crippen molar-refractivity contribution in [3.63, 3.8) is 0 Å². The summed E-state index contributed by atoms with van der Waals surface area (Å²) in [6.07, 6.45) is -1.55. The number of nitrogen functional groups attached to an aromatic ring is 1. The molecule has 1 aliphatic rings. The van der Waals surface area contributed by atoms with Gasteiger partial charge in [0, 0.05) is 34.0 Å². The average Bonchev–Trinajstić information content (AvgIpc) is 3.07. The van der Waals surface area contributed by atoms with Gasteiger partial charge in [-0.3, -0.25) is 4.79 Å². The molecule has 0 radical (unpaired) electrons. The molecule has 1 amide bonds. The molecule has 1 aromatic carbocycles. The number of amides is 1. The van der Waals surface area contributed by atoms with E-state index in [9.17, 15) is 9.18 Å². The SMILES string of the molecule is [2H]C([2H])([2H])[C@]1([2H])Oc2cc(cnc2N)-c2c(nn(C)c2[N+]#[C-])CN(C)C(=O)c2ccc(F)cc21. The van der Waals surface area contributed by atoms with Crippen LogP contribution in [-0.4, -0.2) is 32.6 Å². The molecule has 30 heavy (non-hydrogen) atoms. The van der Waals surface area contributed by atoms with E-state index in [-0.39, 0.29) is 29.5 Å². The summed E-state index contributed by atoms with van der Waals surface area (Å²) in [5, 5.41) is 4.37. The Balaban J connectivity index is 2.09. The number of benzene rings is 1. The second kappa shape index (κ2) is 7.15. The number of hydrogen-bond acceptors (Lipinski definition) is 5. The molecule has 2 bridgehead atoms. The van der Waals surface area contributed by atoms with Crippen LogP contribution in [0, 0.1) is 12.4 Å². The van der Waals surface area contributed by atoms with E-state index in [1.165, 1.54) is 28.9 Å². The van der Waals surface area contributed by atoms with Crippen LogP contribution in [0.25, 0.3) is 16.0 Å². The molecule has 0 aliphatic carbocycles. The summed E-state index contributed by atoms with van der Waals surface area (Å²) >= 11 is 0. The highest BCUT2D eigenvalue weighted by Crippen LogP contribution is 2.38. The molecule has 9 heteroatoms. The van der Waals surface area contributed by atoms with Crippen molar-refractivity contribution >= 4 is 17.5 Å². The smallest absolute Gasteiger partial charge is 0.260 e. The van der Waals surface area contributed by atoms with Crippen LogP contribution >= 0.6 is 0 Å². The number of carbonyl (C=O) groups excluding carboxylic acids is 1. The first-order valence-electron chi connectivity index (χ1n) is 10.8. The van der Waals surface area contributed by atoms with Gasteiger partial charge in [0.2, 0.25) is 0 Å². The number of nitrogens with two attached hydrogens (primary N) is 1. The summed E-state index contributed by atoms with van der Waals surface area (Å²) in [4.78, 5) is 22.2. The predicted molar refractivity (Wildman–Crippen MR) is 108 cm³/mol. The summed E-state index contributed by atoms with van der Waals surface area (Å²) in [7, 11) is 3.02. The van der Waals surface area contributed by atoms with Gasteiger partial charge in [-0.05, 0) is 36.7 Å². The molecule has 0 saturated carbocycles. The third-order valence-corrected chi connectivity index (χ3v) is 4.77. The minimum Gasteiger partial charge on any atom is -0.482 e. The van der Waals surface area contributed by atoms with Gasteiger partial charge in [-0.2, -0.15) is 0 Å². The largest absolute Gasteiger partial charge is 0.482 e. The topological polar surface area (TPSA) is 90.6 Å². The number of aromatic nitrogens is 3. The molecule has 1 atom stereocenters. The van der Waals surface area contributed by atoms with E-state index in [0.717, 1.165) is 18.2 Å². The molecule has 152 valence electrons. The number of anilines is 1. The molecule has 3 aromatic rings. The van der Waals surface area contributed by atoms with E-state index in [1.54, 1.807) is 7.05 Å². The number of carbonyl (C=O) groups is 1. The Morgan fingerprint density at radius 2 is 2.23 bits per heavy atom. The Hall–Kier alpha value is -3.93. The van der Waals surface area contributed by atoms with Crippen molar-refractivity contribution in [3.8, 4) is 16.9 Å². The maximum atomic E-state index is 14.3. The first-order chi connectivity index (χ1) is 15.9. The van der Waals surface area contributed by atoms with E-state index in [2.05, 4.69) is 14.9 Å². The molecule has 2 N–H and O–H groups in total. The summed E-state index contributed by atoms with van der Waals surface area (Å²) in [5.74, 6) is -1.88. The second-order valence-corrected chi connectivity index (χ2v) is 6.77. The van der Waals surface area contributed by atoms with E-state index in [1.807, 2.05) is 0 Å². The van der Waals surface area contributed by atoms with Crippen molar-refractivity contribution in [1.82, 2.24) is 19.7 Å². The molecule has 0 fully saturated rings. The van der Waals surface area contributed by atoms with Gasteiger partial charge in [-0.15, -0.1) is 5.10 Å². The molecule has 4 rings (SSSR count). The molecule has 2 aromatic heterocycles. The molecule has 3 heterocycles. The Bertz CT molecular complexity index is 1370. The van der Waals surface area contributed by atoms with Crippen LogP contribution in [0.2, 0.25) is 0 Å². The number of ether oxygens (including phenoxy) is 1. The fraction of sp³-hybridized carbons (Fsp3) is 0.238. The van der Waals surface area contributed by atoms with E-state index in [0.29, 0.717) is 16.8 Å². The molecular formula is C21H19FN6O2. The minimum absolute atomic E-state index is 0.0618. The molecule has 1 aliphatic heterocycles. The summed E-state index contributed by atoms with van der Waals surface area (Å²) in [6, 6.07) is 4.25. The lowest BCUT2D eigenvalue weighted by Crippen LogP contribution is -2.28. The lowest BCUT2D eigenvalue weighted by atomic mass is 10.0. The van der Waals surface area contributed by atoms with Crippen molar-refractivity contribution in [3.05, 3.63) is 64.5 Å². The third-order valence-electron chi connectivity index (χ3n) is 4.77. The highest BCUT2D eigenvalue weighted by atomic mass is 19.1. The summed E-state index contributed by atoms with van der Waals surface area (Å²) < 4.78 is 54.1. The van der Waals surface area contributed by atoms with E-state index >= 15 is 0 Å². The zero-order valence-corrected chi connectivity index (χ0v) is 16.1. The van der Waals surface area contributed by atoms with Gasteiger partial charge < -0.3 is 20.2 Å². The first kappa shape index (κ1) is 15.0. The molecule has 0 saturated heterocycles. The Labute approximate surface area is 178 Å².